The minimum absolute atomic E-state index is 0.0236. The molecule has 0 bridgehead atoms. The number of carbonyl (C=O) groups excluding carboxylic acids is 1. The third-order valence-electron chi connectivity index (χ3n) is 11.1. The van der Waals surface area contributed by atoms with E-state index >= 15 is 0 Å². The fraction of sp³-hybridized carbons (Fsp3) is 0.871. The van der Waals surface area contributed by atoms with E-state index in [1.54, 1.807) is 0 Å². The minimum Gasteiger partial charge on any atom is -0.481 e. The second-order valence-corrected chi connectivity index (χ2v) is 13.5. The Bertz CT molecular complexity index is 815. The van der Waals surface area contributed by atoms with Crippen LogP contribution in [-0.2, 0) is 14.3 Å². The maximum Gasteiger partial charge on any atom is 0.306 e. The Labute approximate surface area is 213 Å². The monoisotopic (exact) mass is 486 g/mol. The maximum atomic E-state index is 12.1. The van der Waals surface area contributed by atoms with Gasteiger partial charge in [-0.05, 0) is 91.3 Å². The highest BCUT2D eigenvalue weighted by Gasteiger charge is 2.59. The average molecular weight is 487 g/mol. The van der Waals surface area contributed by atoms with Crippen molar-refractivity contribution >= 4 is 11.9 Å². The van der Waals surface area contributed by atoms with Crippen LogP contribution in [0.25, 0.3) is 0 Å². The first kappa shape index (κ1) is 26.7. The molecule has 0 aromatic carbocycles. The molecule has 35 heavy (non-hydrogen) atoms. The van der Waals surface area contributed by atoms with Gasteiger partial charge in [-0.1, -0.05) is 65.5 Å². The van der Waals surface area contributed by atoms with Gasteiger partial charge < -0.3 is 9.84 Å². The van der Waals surface area contributed by atoms with E-state index in [0.29, 0.717) is 5.41 Å². The summed E-state index contributed by atoms with van der Waals surface area (Å²) in [5.41, 5.74) is 2.27. The van der Waals surface area contributed by atoms with Gasteiger partial charge in [0.25, 0.3) is 0 Å². The van der Waals surface area contributed by atoms with Crippen LogP contribution in [-0.4, -0.2) is 23.1 Å². The van der Waals surface area contributed by atoms with E-state index in [1.807, 2.05) is 0 Å². The maximum absolute atomic E-state index is 12.1. The summed E-state index contributed by atoms with van der Waals surface area (Å²) in [6.45, 7) is 12.4. The van der Waals surface area contributed by atoms with E-state index in [1.165, 1.54) is 56.9 Å². The highest BCUT2D eigenvalue weighted by Crippen LogP contribution is 2.67. The van der Waals surface area contributed by atoms with Crippen molar-refractivity contribution < 1.29 is 19.4 Å². The van der Waals surface area contributed by atoms with Crippen molar-refractivity contribution in [2.75, 3.05) is 0 Å². The summed E-state index contributed by atoms with van der Waals surface area (Å²) in [5.74, 6) is 3.68. The zero-order chi connectivity index (χ0) is 25.4. The predicted octanol–water partition coefficient (Wildman–Crippen LogP) is 7.80. The second kappa shape index (κ2) is 10.6. The molecule has 4 aliphatic carbocycles. The Morgan fingerprint density at radius 3 is 2.51 bits per heavy atom. The Morgan fingerprint density at radius 1 is 1.03 bits per heavy atom. The van der Waals surface area contributed by atoms with Crippen LogP contribution in [0.2, 0.25) is 0 Å². The van der Waals surface area contributed by atoms with Crippen molar-refractivity contribution in [2.24, 2.45) is 46.3 Å². The Hall–Kier alpha value is -1.32. The fourth-order valence-electron chi connectivity index (χ4n) is 9.21. The van der Waals surface area contributed by atoms with Gasteiger partial charge in [-0.15, -0.1) is 0 Å². The zero-order valence-electron chi connectivity index (χ0n) is 23.0. The van der Waals surface area contributed by atoms with Gasteiger partial charge in [0.05, 0.1) is 12.8 Å². The predicted molar refractivity (Wildman–Crippen MR) is 140 cm³/mol. The number of fused-ring (bicyclic) bond motifs is 5. The zero-order valence-corrected chi connectivity index (χ0v) is 23.0. The first-order valence-corrected chi connectivity index (χ1v) is 14.7. The molecule has 0 unspecified atom stereocenters. The molecule has 0 spiro atoms. The van der Waals surface area contributed by atoms with Gasteiger partial charge in [0.15, 0.2) is 0 Å². The third kappa shape index (κ3) is 5.37. The van der Waals surface area contributed by atoms with Crippen molar-refractivity contribution in [3.8, 4) is 0 Å². The number of hydrogen-bond donors (Lipinski definition) is 1. The van der Waals surface area contributed by atoms with E-state index in [-0.39, 0.29) is 30.3 Å². The molecule has 4 nitrogen and oxygen atoms in total. The van der Waals surface area contributed by atoms with Crippen molar-refractivity contribution in [3.05, 3.63) is 11.6 Å². The molecule has 0 aromatic rings. The highest BCUT2D eigenvalue weighted by atomic mass is 16.5. The SMILES string of the molecule is CC(C)CCC[C@@H](C)[C@H]1CC[C@@H]2[C@@H]3CC=C4C[C@H](OC(=O)CCC(=O)O)CC[C@]4(C)[C@H]3CC[C@@]21C. The number of aliphatic carboxylic acids is 1. The standard InChI is InChI=1S/C31H50O4/c1-20(2)7-6-8-21(3)25-11-12-26-24-10-9-22-19-23(35-29(34)14-13-28(32)33)15-17-30(22,4)27(24)16-18-31(25,26)5/h9,20-21,23-27H,6-8,10-19H2,1-5H3,(H,32,33)/t21-,23-,24+,25-,26-,27+,30+,31-/m1/s1. The number of rotatable bonds is 9. The number of ether oxygens (including phenoxy) is 1. The van der Waals surface area contributed by atoms with E-state index in [9.17, 15) is 9.59 Å². The molecule has 198 valence electrons. The molecule has 8 atom stereocenters. The molecule has 4 rings (SSSR count). The Kier molecular flexibility index (Phi) is 8.08. The fourth-order valence-corrected chi connectivity index (χ4v) is 9.21. The molecular formula is C31H50O4. The van der Waals surface area contributed by atoms with Gasteiger partial charge in [-0.25, -0.2) is 0 Å². The molecule has 0 amide bonds. The van der Waals surface area contributed by atoms with Gasteiger partial charge in [0.1, 0.15) is 6.10 Å². The van der Waals surface area contributed by atoms with Crippen molar-refractivity contribution in [1.29, 1.82) is 0 Å². The topological polar surface area (TPSA) is 63.6 Å². The number of allylic oxidation sites excluding steroid dienone is 1. The Balaban J connectivity index is 1.40. The summed E-state index contributed by atoms with van der Waals surface area (Å²) in [6, 6.07) is 0. The van der Waals surface area contributed by atoms with E-state index < -0.39 is 5.97 Å². The quantitative estimate of drug-likeness (QED) is 0.267. The summed E-state index contributed by atoms with van der Waals surface area (Å²) in [7, 11) is 0. The van der Waals surface area contributed by atoms with Crippen molar-refractivity contribution in [3.63, 3.8) is 0 Å². The molecule has 4 heteroatoms. The van der Waals surface area contributed by atoms with Crippen LogP contribution in [0.1, 0.15) is 118 Å². The molecule has 0 heterocycles. The molecule has 1 N–H and O–H groups in total. The third-order valence-corrected chi connectivity index (χ3v) is 11.1. The molecule has 0 aliphatic heterocycles. The average Bonchev–Trinajstić information content (AvgIpc) is 3.15. The minimum atomic E-state index is -0.942. The number of carbonyl (C=O) groups is 2. The number of hydrogen-bond acceptors (Lipinski definition) is 3. The molecule has 0 aromatic heterocycles. The van der Waals surface area contributed by atoms with E-state index in [2.05, 4.69) is 40.7 Å². The number of carboxylic acids is 1. The van der Waals surface area contributed by atoms with Crippen LogP contribution in [0, 0.1) is 46.3 Å². The largest absolute Gasteiger partial charge is 0.481 e. The number of carboxylic acid groups (broad SMARTS) is 1. The summed E-state index contributed by atoms with van der Waals surface area (Å²) in [5, 5.41) is 8.84. The lowest BCUT2D eigenvalue weighted by atomic mass is 9.47. The van der Waals surface area contributed by atoms with Crippen molar-refractivity contribution in [2.45, 2.75) is 124 Å². The molecule has 0 radical (unpaired) electrons. The van der Waals surface area contributed by atoms with Crippen molar-refractivity contribution in [1.82, 2.24) is 0 Å². The van der Waals surface area contributed by atoms with Crippen LogP contribution in [0.4, 0.5) is 0 Å². The van der Waals surface area contributed by atoms with Gasteiger partial charge >= 0.3 is 11.9 Å². The lowest BCUT2D eigenvalue weighted by Crippen LogP contribution is -2.51. The molecular weight excluding hydrogens is 436 g/mol. The van der Waals surface area contributed by atoms with Crippen LogP contribution in [0.3, 0.4) is 0 Å². The van der Waals surface area contributed by atoms with Crippen LogP contribution < -0.4 is 0 Å². The van der Waals surface area contributed by atoms with Crippen LogP contribution in [0.15, 0.2) is 11.6 Å². The van der Waals surface area contributed by atoms with Gasteiger partial charge in [-0.2, -0.15) is 0 Å². The van der Waals surface area contributed by atoms with Gasteiger partial charge in [0, 0.05) is 6.42 Å². The lowest BCUT2D eigenvalue weighted by molar-refractivity contribution is -0.154. The van der Waals surface area contributed by atoms with E-state index in [4.69, 9.17) is 9.84 Å². The first-order valence-electron chi connectivity index (χ1n) is 14.7. The molecule has 4 aliphatic rings. The normalized spacial score (nSPS) is 39.3. The smallest absolute Gasteiger partial charge is 0.306 e. The van der Waals surface area contributed by atoms with Gasteiger partial charge in [-0.3, -0.25) is 9.59 Å². The number of esters is 1. The molecule has 3 fully saturated rings. The second-order valence-electron chi connectivity index (χ2n) is 13.5. The summed E-state index contributed by atoms with van der Waals surface area (Å²) >= 11 is 0. The molecule has 3 saturated carbocycles. The highest BCUT2D eigenvalue weighted by molar-refractivity contribution is 5.76. The van der Waals surface area contributed by atoms with Crippen LogP contribution >= 0.6 is 0 Å². The van der Waals surface area contributed by atoms with Crippen LogP contribution in [0.5, 0.6) is 0 Å². The Morgan fingerprint density at radius 2 is 1.80 bits per heavy atom. The first-order chi connectivity index (χ1) is 16.5. The van der Waals surface area contributed by atoms with Gasteiger partial charge in [0.2, 0.25) is 0 Å². The lowest BCUT2D eigenvalue weighted by Gasteiger charge is -2.58. The molecule has 0 saturated heterocycles. The summed E-state index contributed by atoms with van der Waals surface area (Å²) in [6.07, 6.45) is 16.0. The summed E-state index contributed by atoms with van der Waals surface area (Å²) < 4.78 is 5.70. The van der Waals surface area contributed by atoms with E-state index in [0.717, 1.165) is 54.8 Å². The summed E-state index contributed by atoms with van der Waals surface area (Å²) in [4.78, 5) is 22.9.